The van der Waals surface area contributed by atoms with Crippen molar-refractivity contribution in [3.05, 3.63) is 65.9 Å². The van der Waals surface area contributed by atoms with Gasteiger partial charge in [-0.05, 0) is 50.2 Å². The zero-order valence-corrected chi connectivity index (χ0v) is 16.0. The third-order valence-corrected chi connectivity index (χ3v) is 4.51. The lowest BCUT2D eigenvalue weighted by molar-refractivity contribution is 0.102. The Hall–Kier alpha value is -3.22. The first kappa shape index (κ1) is 19.5. The number of nitrogens with one attached hydrogen (secondary N) is 1. The lowest BCUT2D eigenvalue weighted by Crippen LogP contribution is -2.21. The van der Waals surface area contributed by atoms with E-state index in [9.17, 15) is 13.6 Å². The molecule has 1 aromatic heterocycles. The standard InChI is InChI=1S/C21H22F2N4O/c1-4-27(5-2)16-9-7-15(8-10-16)24-21(28)18-13-26(3)25-20(18)17-11-6-14(22)12-19(17)23/h6-13H,4-5H2,1-3H3,(H,24,28). The minimum absolute atomic E-state index is 0.0732. The van der Waals surface area contributed by atoms with Gasteiger partial charge in [-0.25, -0.2) is 8.78 Å². The Bertz CT molecular complexity index is 979. The molecule has 28 heavy (non-hydrogen) atoms. The second-order valence-corrected chi connectivity index (χ2v) is 6.36. The second kappa shape index (κ2) is 8.21. The number of hydrogen-bond donors (Lipinski definition) is 1. The normalized spacial score (nSPS) is 10.8. The summed E-state index contributed by atoms with van der Waals surface area (Å²) in [7, 11) is 1.64. The van der Waals surface area contributed by atoms with Crippen molar-refractivity contribution in [1.29, 1.82) is 0 Å². The molecule has 0 spiro atoms. The number of aryl methyl sites for hydroxylation is 1. The van der Waals surface area contributed by atoms with Crippen LogP contribution in [0.3, 0.4) is 0 Å². The zero-order chi connectivity index (χ0) is 20.3. The Morgan fingerprint density at radius 1 is 1.11 bits per heavy atom. The van der Waals surface area contributed by atoms with Gasteiger partial charge in [0.25, 0.3) is 5.91 Å². The number of carbonyl (C=O) groups is 1. The van der Waals surface area contributed by atoms with E-state index in [1.54, 1.807) is 7.05 Å². The fourth-order valence-electron chi connectivity index (χ4n) is 3.08. The van der Waals surface area contributed by atoms with Gasteiger partial charge < -0.3 is 10.2 Å². The third kappa shape index (κ3) is 4.03. The van der Waals surface area contributed by atoms with E-state index in [-0.39, 0.29) is 16.8 Å². The maximum Gasteiger partial charge on any atom is 0.259 e. The molecule has 7 heteroatoms. The molecule has 3 rings (SSSR count). The average Bonchev–Trinajstić information content (AvgIpc) is 3.05. The van der Waals surface area contributed by atoms with Crippen LogP contribution in [-0.4, -0.2) is 28.8 Å². The highest BCUT2D eigenvalue weighted by atomic mass is 19.1. The van der Waals surface area contributed by atoms with Crippen molar-refractivity contribution in [3.8, 4) is 11.3 Å². The molecule has 0 aliphatic heterocycles. The van der Waals surface area contributed by atoms with E-state index in [1.807, 2.05) is 24.3 Å². The number of hydrogen-bond acceptors (Lipinski definition) is 3. The molecule has 3 aromatic rings. The quantitative estimate of drug-likeness (QED) is 0.682. The van der Waals surface area contributed by atoms with Crippen molar-refractivity contribution in [2.45, 2.75) is 13.8 Å². The van der Waals surface area contributed by atoms with E-state index in [0.29, 0.717) is 5.69 Å². The lowest BCUT2D eigenvalue weighted by atomic mass is 10.1. The minimum atomic E-state index is -0.767. The molecule has 0 bridgehead atoms. The van der Waals surface area contributed by atoms with Crippen molar-refractivity contribution < 1.29 is 13.6 Å². The zero-order valence-electron chi connectivity index (χ0n) is 16.0. The van der Waals surface area contributed by atoms with Gasteiger partial charge in [-0.3, -0.25) is 9.48 Å². The second-order valence-electron chi connectivity index (χ2n) is 6.36. The Kier molecular flexibility index (Phi) is 5.73. The largest absolute Gasteiger partial charge is 0.372 e. The molecule has 0 fully saturated rings. The molecule has 1 heterocycles. The molecule has 0 aliphatic carbocycles. The van der Waals surface area contributed by atoms with Gasteiger partial charge in [0, 0.05) is 49.3 Å². The summed E-state index contributed by atoms with van der Waals surface area (Å²) in [6, 6.07) is 10.7. The summed E-state index contributed by atoms with van der Waals surface area (Å²) < 4.78 is 28.8. The van der Waals surface area contributed by atoms with Crippen LogP contribution in [0.15, 0.2) is 48.7 Å². The van der Waals surface area contributed by atoms with Gasteiger partial charge in [0.05, 0.1) is 5.56 Å². The number of aromatic nitrogens is 2. The Morgan fingerprint density at radius 2 is 1.79 bits per heavy atom. The van der Waals surface area contributed by atoms with Crippen molar-refractivity contribution >= 4 is 17.3 Å². The maximum absolute atomic E-state index is 14.2. The van der Waals surface area contributed by atoms with Crippen LogP contribution >= 0.6 is 0 Å². The fourth-order valence-corrected chi connectivity index (χ4v) is 3.08. The third-order valence-electron chi connectivity index (χ3n) is 4.51. The van der Waals surface area contributed by atoms with E-state index < -0.39 is 17.5 Å². The van der Waals surface area contributed by atoms with E-state index in [0.717, 1.165) is 30.9 Å². The molecule has 0 aliphatic rings. The van der Waals surface area contributed by atoms with E-state index in [1.165, 1.54) is 16.9 Å². The molecular formula is C21H22F2N4O. The van der Waals surface area contributed by atoms with Gasteiger partial charge in [-0.15, -0.1) is 0 Å². The predicted octanol–water partition coefficient (Wildman–Crippen LogP) is 4.46. The molecule has 0 atom stereocenters. The topological polar surface area (TPSA) is 50.2 Å². The van der Waals surface area contributed by atoms with Gasteiger partial charge in [-0.2, -0.15) is 5.10 Å². The molecule has 0 unspecified atom stereocenters. The summed E-state index contributed by atoms with van der Waals surface area (Å²) in [6.45, 7) is 5.95. The molecular weight excluding hydrogens is 362 g/mol. The number of rotatable bonds is 6. The molecule has 146 valence electrons. The van der Waals surface area contributed by atoms with Crippen LogP contribution in [0.5, 0.6) is 0 Å². The van der Waals surface area contributed by atoms with Crippen molar-refractivity contribution in [1.82, 2.24) is 9.78 Å². The highest BCUT2D eigenvalue weighted by Gasteiger charge is 2.20. The summed E-state index contributed by atoms with van der Waals surface area (Å²) in [5, 5.41) is 6.99. The monoisotopic (exact) mass is 384 g/mol. The first-order chi connectivity index (χ1) is 13.4. The minimum Gasteiger partial charge on any atom is -0.372 e. The van der Waals surface area contributed by atoms with Gasteiger partial charge in [0.1, 0.15) is 17.3 Å². The van der Waals surface area contributed by atoms with Crippen LogP contribution in [0, 0.1) is 11.6 Å². The Labute approximate surface area is 162 Å². The van der Waals surface area contributed by atoms with Gasteiger partial charge >= 0.3 is 0 Å². The molecule has 0 saturated carbocycles. The summed E-state index contributed by atoms with van der Waals surface area (Å²) >= 11 is 0. The number of nitrogens with zero attached hydrogens (tertiary/aromatic N) is 3. The van der Waals surface area contributed by atoms with E-state index in [4.69, 9.17) is 0 Å². The van der Waals surface area contributed by atoms with E-state index in [2.05, 4.69) is 29.2 Å². The van der Waals surface area contributed by atoms with Crippen molar-refractivity contribution in [3.63, 3.8) is 0 Å². The molecule has 1 N–H and O–H groups in total. The molecule has 2 aromatic carbocycles. The number of halogens is 2. The van der Waals surface area contributed by atoms with Gasteiger partial charge in [0.15, 0.2) is 0 Å². The predicted molar refractivity (Wildman–Crippen MR) is 107 cm³/mol. The van der Waals surface area contributed by atoms with Crippen LogP contribution in [0.1, 0.15) is 24.2 Å². The first-order valence-electron chi connectivity index (χ1n) is 9.08. The fraction of sp³-hybridized carbons (Fsp3) is 0.238. The average molecular weight is 384 g/mol. The molecule has 5 nitrogen and oxygen atoms in total. The van der Waals surface area contributed by atoms with Crippen LogP contribution in [0.4, 0.5) is 20.2 Å². The number of benzene rings is 2. The summed E-state index contributed by atoms with van der Waals surface area (Å²) in [5.41, 5.74) is 2.14. The smallest absolute Gasteiger partial charge is 0.259 e. The molecule has 0 saturated heterocycles. The Balaban J connectivity index is 1.86. The van der Waals surface area contributed by atoms with Crippen LogP contribution in [0.25, 0.3) is 11.3 Å². The van der Waals surface area contributed by atoms with Crippen LogP contribution in [0.2, 0.25) is 0 Å². The van der Waals surface area contributed by atoms with Crippen LogP contribution < -0.4 is 10.2 Å². The highest BCUT2D eigenvalue weighted by Crippen LogP contribution is 2.26. The van der Waals surface area contributed by atoms with Crippen LogP contribution in [-0.2, 0) is 7.05 Å². The summed E-state index contributed by atoms with van der Waals surface area (Å²) in [6.07, 6.45) is 1.51. The summed E-state index contributed by atoms with van der Waals surface area (Å²) in [4.78, 5) is 15.0. The SMILES string of the molecule is CCN(CC)c1ccc(NC(=O)c2cn(C)nc2-c2ccc(F)cc2F)cc1. The maximum atomic E-state index is 14.2. The van der Waals surface area contributed by atoms with Crippen molar-refractivity contribution in [2.75, 3.05) is 23.3 Å². The number of anilines is 2. The van der Waals surface area contributed by atoms with Gasteiger partial charge in [0.2, 0.25) is 0 Å². The number of carbonyl (C=O) groups excluding carboxylic acids is 1. The Morgan fingerprint density at radius 3 is 2.39 bits per heavy atom. The molecule has 0 radical (unpaired) electrons. The number of amides is 1. The first-order valence-corrected chi connectivity index (χ1v) is 9.08. The van der Waals surface area contributed by atoms with Gasteiger partial charge in [-0.1, -0.05) is 0 Å². The van der Waals surface area contributed by atoms with E-state index >= 15 is 0 Å². The molecule has 1 amide bonds. The van der Waals surface area contributed by atoms with Crippen molar-refractivity contribution in [2.24, 2.45) is 7.05 Å². The lowest BCUT2D eigenvalue weighted by Gasteiger charge is -2.21. The summed E-state index contributed by atoms with van der Waals surface area (Å²) in [5.74, 6) is -1.87. The highest BCUT2D eigenvalue weighted by molar-refractivity contribution is 6.08.